The molecule has 0 spiro atoms. The van der Waals surface area contributed by atoms with Gasteiger partial charge in [-0.2, -0.15) is 0 Å². The van der Waals surface area contributed by atoms with Crippen molar-refractivity contribution < 1.29 is 4.74 Å². The molecule has 0 aromatic carbocycles. The van der Waals surface area contributed by atoms with E-state index in [4.69, 9.17) is 4.74 Å². The van der Waals surface area contributed by atoms with E-state index in [1.807, 2.05) is 0 Å². The molecule has 0 aliphatic carbocycles. The van der Waals surface area contributed by atoms with E-state index >= 15 is 0 Å². The van der Waals surface area contributed by atoms with Gasteiger partial charge in [0.05, 0.1) is 0 Å². The van der Waals surface area contributed by atoms with Gasteiger partial charge in [-0.1, -0.05) is 0 Å². The van der Waals surface area contributed by atoms with Gasteiger partial charge in [-0.3, -0.25) is 0 Å². The fourth-order valence-corrected chi connectivity index (χ4v) is 2.56. The molecular formula is C13H28N2O. The van der Waals surface area contributed by atoms with Crippen LogP contribution in [0.1, 0.15) is 33.1 Å². The highest BCUT2D eigenvalue weighted by Crippen LogP contribution is 2.22. The first-order chi connectivity index (χ1) is 7.69. The Morgan fingerprint density at radius 1 is 1.44 bits per heavy atom. The first-order valence-electron chi connectivity index (χ1n) is 6.59. The molecular weight excluding hydrogens is 200 g/mol. The molecule has 16 heavy (non-hydrogen) atoms. The highest BCUT2D eigenvalue weighted by Gasteiger charge is 2.26. The van der Waals surface area contributed by atoms with Gasteiger partial charge in [0, 0.05) is 32.3 Å². The number of rotatable bonds is 6. The van der Waals surface area contributed by atoms with Crippen molar-refractivity contribution in [2.75, 3.05) is 33.9 Å². The van der Waals surface area contributed by atoms with Crippen LogP contribution in [0.4, 0.5) is 0 Å². The van der Waals surface area contributed by atoms with Crippen LogP contribution in [0.2, 0.25) is 0 Å². The Hall–Kier alpha value is -0.120. The van der Waals surface area contributed by atoms with Gasteiger partial charge in [-0.05, 0) is 52.6 Å². The number of piperidine rings is 1. The molecule has 96 valence electrons. The maximum atomic E-state index is 5.16. The Kier molecular flexibility index (Phi) is 6.32. The summed E-state index contributed by atoms with van der Waals surface area (Å²) in [6.07, 6.45) is 3.86. The molecule has 3 unspecified atom stereocenters. The molecule has 1 fully saturated rings. The van der Waals surface area contributed by atoms with Gasteiger partial charge < -0.3 is 15.0 Å². The normalized spacial score (nSPS) is 26.6. The van der Waals surface area contributed by atoms with E-state index in [-0.39, 0.29) is 0 Å². The summed E-state index contributed by atoms with van der Waals surface area (Å²) in [5.41, 5.74) is 0. The van der Waals surface area contributed by atoms with E-state index in [1.54, 1.807) is 7.11 Å². The van der Waals surface area contributed by atoms with Crippen LogP contribution in [-0.2, 0) is 4.74 Å². The van der Waals surface area contributed by atoms with Crippen LogP contribution in [0.15, 0.2) is 0 Å². The van der Waals surface area contributed by atoms with Gasteiger partial charge in [0.25, 0.3) is 0 Å². The number of hydrogen-bond donors (Lipinski definition) is 1. The monoisotopic (exact) mass is 228 g/mol. The second kappa shape index (κ2) is 7.25. The number of hydrogen-bond acceptors (Lipinski definition) is 3. The Balaban J connectivity index is 2.37. The maximum absolute atomic E-state index is 5.16. The van der Waals surface area contributed by atoms with Gasteiger partial charge in [0.1, 0.15) is 0 Å². The molecule has 3 atom stereocenters. The van der Waals surface area contributed by atoms with Crippen molar-refractivity contribution in [3.8, 4) is 0 Å². The summed E-state index contributed by atoms with van der Waals surface area (Å²) >= 11 is 0. The number of likely N-dealkylation sites (tertiary alicyclic amines) is 1. The standard InChI is InChI=1S/C13H28N2O/c1-11(7-9-16-4)15-8-5-6-13(10-15)12(2)14-3/h11-14H,5-10H2,1-4H3. The van der Waals surface area contributed by atoms with Crippen molar-refractivity contribution in [3.63, 3.8) is 0 Å². The van der Waals surface area contributed by atoms with Crippen LogP contribution in [-0.4, -0.2) is 50.8 Å². The van der Waals surface area contributed by atoms with E-state index in [1.165, 1.54) is 25.9 Å². The molecule has 0 amide bonds. The molecule has 0 aromatic heterocycles. The molecule has 0 bridgehead atoms. The van der Waals surface area contributed by atoms with Crippen LogP contribution in [0.3, 0.4) is 0 Å². The van der Waals surface area contributed by atoms with Crippen molar-refractivity contribution >= 4 is 0 Å². The molecule has 1 N–H and O–H groups in total. The zero-order chi connectivity index (χ0) is 12.0. The number of methoxy groups -OCH3 is 1. The summed E-state index contributed by atoms with van der Waals surface area (Å²) in [7, 11) is 3.85. The largest absolute Gasteiger partial charge is 0.385 e. The van der Waals surface area contributed by atoms with E-state index in [0.717, 1.165) is 18.9 Å². The van der Waals surface area contributed by atoms with Crippen molar-refractivity contribution in [3.05, 3.63) is 0 Å². The highest BCUT2D eigenvalue weighted by molar-refractivity contribution is 4.82. The lowest BCUT2D eigenvalue weighted by molar-refractivity contribution is 0.0904. The molecule has 1 aliphatic heterocycles. The third-order valence-corrected chi connectivity index (χ3v) is 4.01. The lowest BCUT2D eigenvalue weighted by Crippen LogP contribution is -2.47. The molecule has 3 nitrogen and oxygen atoms in total. The molecule has 1 saturated heterocycles. The molecule has 0 radical (unpaired) electrons. The summed E-state index contributed by atoms with van der Waals surface area (Å²) in [6.45, 7) is 8.01. The fraction of sp³-hybridized carbons (Fsp3) is 1.00. The minimum absolute atomic E-state index is 0.637. The fourth-order valence-electron chi connectivity index (χ4n) is 2.56. The van der Waals surface area contributed by atoms with Crippen LogP contribution in [0, 0.1) is 5.92 Å². The summed E-state index contributed by atoms with van der Waals surface area (Å²) < 4.78 is 5.16. The smallest absolute Gasteiger partial charge is 0.0477 e. The number of nitrogens with zero attached hydrogens (tertiary/aromatic N) is 1. The predicted octanol–water partition coefficient (Wildman–Crippen LogP) is 1.73. The Morgan fingerprint density at radius 2 is 2.19 bits per heavy atom. The van der Waals surface area contributed by atoms with Gasteiger partial charge in [0.15, 0.2) is 0 Å². The molecule has 1 aliphatic rings. The summed E-state index contributed by atoms with van der Waals surface area (Å²) in [5, 5.41) is 3.39. The molecule has 0 saturated carbocycles. The number of nitrogens with one attached hydrogen (secondary N) is 1. The van der Waals surface area contributed by atoms with E-state index < -0.39 is 0 Å². The summed E-state index contributed by atoms with van der Waals surface area (Å²) in [4.78, 5) is 2.63. The second-order valence-corrected chi connectivity index (χ2v) is 5.11. The minimum Gasteiger partial charge on any atom is -0.385 e. The van der Waals surface area contributed by atoms with Gasteiger partial charge in [-0.15, -0.1) is 0 Å². The lowest BCUT2D eigenvalue weighted by atomic mass is 9.90. The maximum Gasteiger partial charge on any atom is 0.0477 e. The van der Waals surface area contributed by atoms with Crippen molar-refractivity contribution in [1.82, 2.24) is 10.2 Å². The van der Waals surface area contributed by atoms with Gasteiger partial charge in [0.2, 0.25) is 0 Å². The van der Waals surface area contributed by atoms with E-state index in [2.05, 4.69) is 31.1 Å². The van der Waals surface area contributed by atoms with Crippen molar-refractivity contribution in [2.24, 2.45) is 5.92 Å². The Labute approximate surface area is 101 Å². The first-order valence-corrected chi connectivity index (χ1v) is 6.59. The predicted molar refractivity (Wildman–Crippen MR) is 68.8 cm³/mol. The molecule has 0 aromatic rings. The third kappa shape index (κ3) is 4.04. The Bertz CT molecular complexity index is 187. The first kappa shape index (κ1) is 13.9. The SMILES string of the molecule is CNC(C)C1CCCN(C(C)CCOC)C1. The minimum atomic E-state index is 0.637. The lowest BCUT2D eigenvalue weighted by Gasteiger charge is -2.39. The second-order valence-electron chi connectivity index (χ2n) is 5.11. The molecule has 1 heterocycles. The molecule has 3 heteroatoms. The van der Waals surface area contributed by atoms with Crippen molar-refractivity contribution in [2.45, 2.75) is 45.2 Å². The van der Waals surface area contributed by atoms with Crippen molar-refractivity contribution in [1.29, 1.82) is 0 Å². The topological polar surface area (TPSA) is 24.5 Å². The zero-order valence-electron chi connectivity index (χ0n) is 11.3. The van der Waals surface area contributed by atoms with Gasteiger partial charge >= 0.3 is 0 Å². The average molecular weight is 228 g/mol. The van der Waals surface area contributed by atoms with Gasteiger partial charge in [-0.25, -0.2) is 0 Å². The third-order valence-electron chi connectivity index (χ3n) is 4.01. The average Bonchev–Trinajstić information content (AvgIpc) is 2.35. The van der Waals surface area contributed by atoms with Crippen LogP contribution in [0.25, 0.3) is 0 Å². The van der Waals surface area contributed by atoms with Crippen LogP contribution < -0.4 is 5.32 Å². The van der Waals surface area contributed by atoms with E-state index in [0.29, 0.717) is 12.1 Å². The number of ether oxygens (including phenoxy) is 1. The van der Waals surface area contributed by atoms with Crippen LogP contribution in [0.5, 0.6) is 0 Å². The molecule has 1 rings (SSSR count). The quantitative estimate of drug-likeness (QED) is 0.749. The van der Waals surface area contributed by atoms with Crippen LogP contribution >= 0.6 is 0 Å². The summed E-state index contributed by atoms with van der Waals surface area (Å²) in [6, 6.07) is 1.30. The summed E-state index contributed by atoms with van der Waals surface area (Å²) in [5.74, 6) is 0.809. The Morgan fingerprint density at radius 3 is 2.81 bits per heavy atom. The zero-order valence-corrected chi connectivity index (χ0v) is 11.3. The highest BCUT2D eigenvalue weighted by atomic mass is 16.5. The van der Waals surface area contributed by atoms with E-state index in [9.17, 15) is 0 Å².